The SMILES string of the molecule is O=C1S/C(=C\c2cccc(OCc3c(F)cccc3Cl)c2)C(=O)N1CCOc1ccccc1Cl. The van der Waals surface area contributed by atoms with E-state index >= 15 is 0 Å². The first-order valence-electron chi connectivity index (χ1n) is 10.2. The lowest BCUT2D eigenvalue weighted by molar-refractivity contribution is -0.123. The standard InChI is InChI=1S/C25H18Cl2FNO4S/c26-19-8-4-9-21(28)18(19)15-33-17-6-3-5-16(13-17)14-23-24(30)29(25(31)34-23)11-12-32-22-10-2-1-7-20(22)27/h1-10,13-14H,11-12,15H2/b23-14-. The van der Waals surface area contributed by atoms with Gasteiger partial charge in [0, 0.05) is 5.56 Å². The van der Waals surface area contributed by atoms with Gasteiger partial charge in [-0.1, -0.05) is 53.5 Å². The highest BCUT2D eigenvalue weighted by Crippen LogP contribution is 2.33. The number of thioether (sulfide) groups is 1. The first-order chi connectivity index (χ1) is 16.4. The molecule has 0 atom stereocenters. The van der Waals surface area contributed by atoms with Crippen LogP contribution in [0.4, 0.5) is 9.18 Å². The van der Waals surface area contributed by atoms with Crippen LogP contribution in [-0.4, -0.2) is 29.2 Å². The number of para-hydroxylation sites is 1. The highest BCUT2D eigenvalue weighted by atomic mass is 35.5. The average molecular weight is 518 g/mol. The molecule has 1 fully saturated rings. The van der Waals surface area contributed by atoms with E-state index in [0.717, 1.165) is 16.7 Å². The molecular weight excluding hydrogens is 500 g/mol. The zero-order valence-corrected chi connectivity index (χ0v) is 20.0. The van der Waals surface area contributed by atoms with Crippen molar-refractivity contribution < 1.29 is 23.5 Å². The number of amides is 2. The molecule has 0 aromatic heterocycles. The molecule has 9 heteroatoms. The fraction of sp³-hybridized carbons (Fsp3) is 0.120. The third-order valence-electron chi connectivity index (χ3n) is 4.88. The topological polar surface area (TPSA) is 55.8 Å². The van der Waals surface area contributed by atoms with Crippen LogP contribution in [-0.2, 0) is 11.4 Å². The van der Waals surface area contributed by atoms with Gasteiger partial charge >= 0.3 is 0 Å². The predicted molar refractivity (Wildman–Crippen MR) is 132 cm³/mol. The fourth-order valence-electron chi connectivity index (χ4n) is 3.17. The number of carbonyl (C=O) groups excluding carboxylic acids is 2. The molecule has 0 unspecified atom stereocenters. The molecule has 1 saturated heterocycles. The van der Waals surface area contributed by atoms with Crippen molar-refractivity contribution in [1.82, 2.24) is 4.90 Å². The van der Waals surface area contributed by atoms with Crippen molar-refractivity contribution in [2.75, 3.05) is 13.2 Å². The fourth-order valence-corrected chi connectivity index (χ4v) is 4.45. The van der Waals surface area contributed by atoms with Crippen molar-refractivity contribution in [3.8, 4) is 11.5 Å². The molecule has 0 bridgehead atoms. The second-order valence-corrected chi connectivity index (χ2v) is 8.98. The number of rotatable bonds is 8. The maximum absolute atomic E-state index is 14.0. The highest BCUT2D eigenvalue weighted by molar-refractivity contribution is 8.18. The Morgan fingerprint density at radius 3 is 2.50 bits per heavy atom. The van der Waals surface area contributed by atoms with E-state index in [4.69, 9.17) is 32.7 Å². The molecule has 1 aliphatic rings. The molecule has 2 amide bonds. The molecular formula is C25H18Cl2FNO4S. The number of imide groups is 1. The summed E-state index contributed by atoms with van der Waals surface area (Å²) in [6.45, 7) is 0.174. The largest absolute Gasteiger partial charge is 0.490 e. The Hall–Kier alpha value is -3.00. The van der Waals surface area contributed by atoms with Crippen molar-refractivity contribution >= 4 is 52.2 Å². The Morgan fingerprint density at radius 1 is 0.941 bits per heavy atom. The summed E-state index contributed by atoms with van der Waals surface area (Å²) in [5, 5.41) is 0.361. The summed E-state index contributed by atoms with van der Waals surface area (Å²) in [4.78, 5) is 26.5. The van der Waals surface area contributed by atoms with E-state index in [2.05, 4.69) is 0 Å². The number of benzene rings is 3. The second kappa shape index (κ2) is 11.0. The Morgan fingerprint density at radius 2 is 1.71 bits per heavy atom. The van der Waals surface area contributed by atoms with Crippen LogP contribution in [0.15, 0.2) is 71.6 Å². The van der Waals surface area contributed by atoms with Crippen LogP contribution in [0.2, 0.25) is 10.0 Å². The Kier molecular flexibility index (Phi) is 7.77. The van der Waals surface area contributed by atoms with Gasteiger partial charge < -0.3 is 9.47 Å². The van der Waals surface area contributed by atoms with Crippen LogP contribution in [0.3, 0.4) is 0 Å². The summed E-state index contributed by atoms with van der Waals surface area (Å²) < 4.78 is 25.2. The number of hydrogen-bond acceptors (Lipinski definition) is 5. The van der Waals surface area contributed by atoms with E-state index in [1.807, 2.05) is 0 Å². The van der Waals surface area contributed by atoms with E-state index < -0.39 is 11.7 Å². The minimum Gasteiger partial charge on any atom is -0.490 e. The third kappa shape index (κ3) is 5.73. The van der Waals surface area contributed by atoms with Crippen LogP contribution in [0.1, 0.15) is 11.1 Å². The van der Waals surface area contributed by atoms with Gasteiger partial charge in [0.25, 0.3) is 11.1 Å². The zero-order chi connectivity index (χ0) is 24.1. The summed E-state index contributed by atoms with van der Waals surface area (Å²) in [6.07, 6.45) is 1.61. The van der Waals surface area contributed by atoms with Crippen LogP contribution >= 0.6 is 35.0 Å². The smallest absolute Gasteiger partial charge is 0.293 e. The summed E-state index contributed by atoms with van der Waals surface area (Å²) in [7, 11) is 0. The predicted octanol–water partition coefficient (Wildman–Crippen LogP) is 6.83. The molecule has 3 aromatic rings. The molecule has 3 aromatic carbocycles. The lowest BCUT2D eigenvalue weighted by atomic mass is 10.2. The molecule has 4 rings (SSSR count). The van der Waals surface area contributed by atoms with Crippen LogP contribution in [0.5, 0.6) is 11.5 Å². The number of nitrogens with zero attached hydrogens (tertiary/aromatic N) is 1. The van der Waals surface area contributed by atoms with Gasteiger partial charge in [-0.2, -0.15) is 0 Å². The molecule has 0 N–H and O–H groups in total. The van der Waals surface area contributed by atoms with Gasteiger partial charge in [0.05, 0.1) is 21.5 Å². The van der Waals surface area contributed by atoms with E-state index in [9.17, 15) is 14.0 Å². The van der Waals surface area contributed by atoms with Crippen LogP contribution in [0, 0.1) is 5.82 Å². The molecule has 1 aliphatic heterocycles. The number of ether oxygens (including phenoxy) is 2. The van der Waals surface area contributed by atoms with Crippen LogP contribution < -0.4 is 9.47 Å². The van der Waals surface area contributed by atoms with Crippen LogP contribution in [0.25, 0.3) is 6.08 Å². The molecule has 0 radical (unpaired) electrons. The normalized spacial score (nSPS) is 14.7. The van der Waals surface area contributed by atoms with Gasteiger partial charge in [-0.3, -0.25) is 14.5 Å². The zero-order valence-electron chi connectivity index (χ0n) is 17.7. The first kappa shape index (κ1) is 24.1. The molecule has 1 heterocycles. The van der Waals surface area contributed by atoms with Gasteiger partial charge in [-0.15, -0.1) is 0 Å². The Bertz CT molecular complexity index is 1250. The maximum Gasteiger partial charge on any atom is 0.293 e. The summed E-state index contributed by atoms with van der Waals surface area (Å²) in [6, 6.07) is 18.3. The summed E-state index contributed by atoms with van der Waals surface area (Å²) in [5.74, 6) is 0.110. The van der Waals surface area contributed by atoms with Crippen molar-refractivity contribution in [2.45, 2.75) is 6.61 Å². The maximum atomic E-state index is 14.0. The lowest BCUT2D eigenvalue weighted by Gasteiger charge is -2.13. The summed E-state index contributed by atoms with van der Waals surface area (Å²) in [5.41, 5.74) is 0.921. The molecule has 34 heavy (non-hydrogen) atoms. The Labute approximate surface area is 210 Å². The van der Waals surface area contributed by atoms with E-state index in [-0.39, 0.29) is 40.5 Å². The Balaban J connectivity index is 1.39. The quantitative estimate of drug-likeness (QED) is 0.306. The number of hydrogen-bond donors (Lipinski definition) is 0. The molecule has 0 saturated carbocycles. The van der Waals surface area contributed by atoms with Crippen molar-refractivity contribution in [2.24, 2.45) is 0 Å². The average Bonchev–Trinajstić information content (AvgIpc) is 3.07. The first-order valence-corrected chi connectivity index (χ1v) is 11.8. The van der Waals surface area contributed by atoms with Crippen molar-refractivity contribution in [3.05, 3.63) is 98.6 Å². The monoisotopic (exact) mass is 517 g/mol. The van der Waals surface area contributed by atoms with E-state index in [1.54, 1.807) is 60.7 Å². The van der Waals surface area contributed by atoms with Gasteiger partial charge in [-0.05, 0) is 59.8 Å². The number of halogens is 3. The second-order valence-electron chi connectivity index (χ2n) is 7.17. The summed E-state index contributed by atoms with van der Waals surface area (Å²) >= 11 is 13.0. The minimum atomic E-state index is -0.448. The third-order valence-corrected chi connectivity index (χ3v) is 6.46. The molecule has 0 spiro atoms. The molecule has 5 nitrogen and oxygen atoms in total. The van der Waals surface area contributed by atoms with E-state index in [0.29, 0.717) is 22.1 Å². The lowest BCUT2D eigenvalue weighted by Crippen LogP contribution is -2.32. The van der Waals surface area contributed by atoms with Crippen molar-refractivity contribution in [1.29, 1.82) is 0 Å². The highest BCUT2D eigenvalue weighted by Gasteiger charge is 2.34. The van der Waals surface area contributed by atoms with E-state index in [1.165, 1.54) is 12.1 Å². The van der Waals surface area contributed by atoms with Gasteiger partial charge in [0.1, 0.15) is 30.5 Å². The van der Waals surface area contributed by atoms with Gasteiger partial charge in [0.2, 0.25) is 0 Å². The number of carbonyl (C=O) groups is 2. The van der Waals surface area contributed by atoms with Gasteiger partial charge in [-0.25, -0.2) is 4.39 Å². The van der Waals surface area contributed by atoms with Gasteiger partial charge in [0.15, 0.2) is 0 Å². The molecule has 174 valence electrons. The minimum absolute atomic E-state index is 0.0447. The molecule has 0 aliphatic carbocycles. The van der Waals surface area contributed by atoms with Crippen molar-refractivity contribution in [3.63, 3.8) is 0 Å².